The van der Waals surface area contributed by atoms with E-state index in [1.165, 1.54) is 0 Å². The molecule has 64 valence electrons. The molecule has 0 aliphatic rings. The maximum Gasteiger partial charge on any atom is 0.346 e. The molecule has 0 aromatic heterocycles. The number of carbonyl (C=O) groups is 1. The highest BCUT2D eigenvalue weighted by Gasteiger charge is 2.09. The molecule has 0 aliphatic carbocycles. The first-order chi connectivity index (χ1) is 4.95. The second kappa shape index (κ2) is 4.20. The van der Waals surface area contributed by atoms with Crippen LogP contribution in [0.2, 0.25) is 0 Å². The largest absolute Gasteiger partial charge is 0.346 e. The van der Waals surface area contributed by atoms with Gasteiger partial charge in [0.05, 0.1) is 0 Å². The predicted octanol–water partition coefficient (Wildman–Crippen LogP) is -1.00. The van der Waals surface area contributed by atoms with Crippen LogP contribution in [-0.4, -0.2) is 39.1 Å². The summed E-state index contributed by atoms with van der Waals surface area (Å²) in [6.07, 6.45) is -0.118. The van der Waals surface area contributed by atoms with Crippen LogP contribution in [0.4, 0.5) is 0 Å². The Hall–Kier alpha value is -0.750. The Kier molecular flexibility index (Phi) is 3.91. The van der Waals surface area contributed by atoms with Crippen LogP contribution < -0.4 is 0 Å². The molecule has 7 nitrogen and oxygen atoms in total. The van der Waals surface area contributed by atoms with Gasteiger partial charge in [-0.05, 0) is 0 Å². The summed E-state index contributed by atoms with van der Waals surface area (Å²) < 4.78 is 10.1. The normalized spacial score (nSPS) is 11.9. The van der Waals surface area contributed by atoms with Gasteiger partial charge in [0.2, 0.25) is 6.41 Å². The summed E-state index contributed by atoms with van der Waals surface area (Å²) in [6, 6.07) is 0. The van der Waals surface area contributed by atoms with Crippen molar-refractivity contribution in [2.45, 2.75) is 0 Å². The molecular weight excluding hydrogens is 175 g/mol. The first kappa shape index (κ1) is 10.2. The van der Waals surface area contributed by atoms with Crippen molar-refractivity contribution in [2.75, 3.05) is 6.29 Å². The lowest BCUT2D eigenvalue weighted by Gasteiger charge is -1.99. The minimum absolute atomic E-state index is 0.0309. The van der Waals surface area contributed by atoms with Crippen LogP contribution in [0.5, 0.6) is 0 Å². The Morgan fingerprint density at radius 2 is 2.09 bits per heavy atom. The van der Waals surface area contributed by atoms with E-state index in [0.29, 0.717) is 6.34 Å². The minimum Gasteiger partial charge on any atom is -0.323 e. The smallest absolute Gasteiger partial charge is 0.323 e. The third-order valence-corrected chi connectivity index (χ3v) is 1.11. The van der Waals surface area contributed by atoms with Gasteiger partial charge in [-0.1, -0.05) is 0 Å². The zero-order chi connectivity index (χ0) is 8.91. The minimum atomic E-state index is -4.18. The lowest BCUT2D eigenvalue weighted by Crippen LogP contribution is -2.13. The Morgan fingerprint density at radius 3 is 2.45 bits per heavy atom. The number of hydrogen-bond donors (Lipinski definition) is 3. The Bertz CT molecular complexity index is 198. The Balaban J connectivity index is 3.78. The molecular formula is C3H7N2O5P. The molecule has 0 spiro atoms. The number of aliphatic imine (C=N–C) groups is 1. The van der Waals surface area contributed by atoms with Crippen LogP contribution in [0, 0.1) is 0 Å². The molecule has 0 saturated carbocycles. The third kappa shape index (κ3) is 7.14. The molecule has 0 heterocycles. The molecule has 0 atom stereocenters. The van der Waals surface area contributed by atoms with Crippen LogP contribution >= 0.6 is 7.60 Å². The topological polar surface area (TPSA) is 110 Å². The maximum atomic E-state index is 10.1. The van der Waals surface area contributed by atoms with Gasteiger partial charge in [0, 0.05) is 0 Å². The molecule has 0 aromatic rings. The summed E-state index contributed by atoms with van der Waals surface area (Å²) in [5, 5.41) is 8.37. The van der Waals surface area contributed by atoms with Gasteiger partial charge in [0.1, 0.15) is 12.6 Å². The van der Waals surface area contributed by atoms with Crippen LogP contribution in [0.3, 0.4) is 0 Å². The van der Waals surface area contributed by atoms with Crippen LogP contribution in [0.1, 0.15) is 0 Å². The molecule has 0 unspecified atom stereocenters. The quantitative estimate of drug-likeness (QED) is 0.129. The molecule has 0 aliphatic heterocycles. The van der Waals surface area contributed by atoms with E-state index in [-0.39, 0.29) is 11.5 Å². The molecule has 8 heteroatoms. The summed E-state index contributed by atoms with van der Waals surface area (Å²) >= 11 is 0. The first-order valence-corrected chi connectivity index (χ1v) is 4.22. The van der Waals surface area contributed by atoms with Crippen LogP contribution in [0.15, 0.2) is 4.99 Å². The van der Waals surface area contributed by atoms with Gasteiger partial charge in [-0.15, -0.1) is 0 Å². The standard InChI is InChI=1S/C3H7N2O5P/c6-3-5(7)1-4-2-11(8,9)10/h1,3,7H,2H2,(H2,8,9,10)/b4-1+. The maximum absolute atomic E-state index is 10.1. The second-order valence-electron chi connectivity index (χ2n) is 1.59. The number of nitrogens with zero attached hydrogens (tertiary/aromatic N) is 2. The third-order valence-electron chi connectivity index (χ3n) is 0.574. The van der Waals surface area contributed by atoms with E-state index in [1.54, 1.807) is 0 Å². The zero-order valence-electron chi connectivity index (χ0n) is 5.36. The van der Waals surface area contributed by atoms with Crippen molar-refractivity contribution >= 4 is 20.3 Å². The summed E-state index contributed by atoms with van der Waals surface area (Å²) in [6.45, 7) is 0. The monoisotopic (exact) mass is 182 g/mol. The molecule has 0 fully saturated rings. The summed E-state index contributed by atoms with van der Waals surface area (Å²) in [5.41, 5.74) is 0. The zero-order valence-corrected chi connectivity index (χ0v) is 6.26. The number of rotatable bonds is 4. The van der Waals surface area contributed by atoms with E-state index in [0.717, 1.165) is 0 Å². The molecule has 11 heavy (non-hydrogen) atoms. The van der Waals surface area contributed by atoms with E-state index in [1.807, 2.05) is 0 Å². The number of carbonyl (C=O) groups excluding carboxylic acids is 1. The van der Waals surface area contributed by atoms with Crippen molar-refractivity contribution in [1.29, 1.82) is 0 Å². The van der Waals surface area contributed by atoms with Crippen molar-refractivity contribution in [3.8, 4) is 0 Å². The van der Waals surface area contributed by atoms with Crippen LogP contribution in [0.25, 0.3) is 0 Å². The van der Waals surface area contributed by atoms with E-state index in [9.17, 15) is 9.36 Å². The average Bonchev–Trinajstić information content (AvgIpc) is 1.85. The molecule has 0 rings (SSSR count). The molecule has 1 amide bonds. The molecule has 0 bridgehead atoms. The molecule has 0 radical (unpaired) electrons. The summed E-state index contributed by atoms with van der Waals surface area (Å²) in [7, 11) is -4.18. The van der Waals surface area contributed by atoms with Crippen molar-refractivity contribution in [3.05, 3.63) is 0 Å². The highest BCUT2D eigenvalue weighted by Crippen LogP contribution is 2.33. The highest BCUT2D eigenvalue weighted by atomic mass is 31.2. The van der Waals surface area contributed by atoms with Gasteiger partial charge >= 0.3 is 7.60 Å². The molecule has 0 aromatic carbocycles. The van der Waals surface area contributed by atoms with E-state index in [2.05, 4.69) is 4.99 Å². The summed E-state index contributed by atoms with van der Waals surface area (Å²) in [4.78, 5) is 29.1. The fourth-order valence-corrected chi connectivity index (χ4v) is 0.540. The lowest BCUT2D eigenvalue weighted by molar-refractivity contribution is -0.133. The predicted molar refractivity (Wildman–Crippen MR) is 35.1 cm³/mol. The number of amides is 1. The fourth-order valence-electron chi connectivity index (χ4n) is 0.254. The van der Waals surface area contributed by atoms with E-state index >= 15 is 0 Å². The molecule has 3 N–H and O–H groups in total. The van der Waals surface area contributed by atoms with Crippen molar-refractivity contribution in [2.24, 2.45) is 4.99 Å². The van der Waals surface area contributed by atoms with Gasteiger partial charge in [-0.2, -0.15) is 5.06 Å². The average molecular weight is 182 g/mol. The van der Waals surface area contributed by atoms with Gasteiger partial charge in [-0.3, -0.25) is 19.6 Å². The Labute approximate surface area is 62.1 Å². The highest BCUT2D eigenvalue weighted by molar-refractivity contribution is 7.51. The lowest BCUT2D eigenvalue weighted by atomic mass is 11.1. The van der Waals surface area contributed by atoms with Gasteiger partial charge in [0.15, 0.2) is 0 Å². The number of hydroxylamine groups is 2. The second-order valence-corrected chi connectivity index (χ2v) is 3.20. The van der Waals surface area contributed by atoms with Gasteiger partial charge in [0.25, 0.3) is 0 Å². The van der Waals surface area contributed by atoms with E-state index in [4.69, 9.17) is 15.0 Å². The fraction of sp³-hybridized carbons (Fsp3) is 0.333. The summed E-state index contributed by atoms with van der Waals surface area (Å²) in [5.74, 6) is 0. The van der Waals surface area contributed by atoms with Gasteiger partial charge in [-0.25, -0.2) is 0 Å². The van der Waals surface area contributed by atoms with Crippen molar-refractivity contribution in [1.82, 2.24) is 5.06 Å². The Morgan fingerprint density at radius 1 is 1.55 bits per heavy atom. The first-order valence-electron chi connectivity index (χ1n) is 2.43. The van der Waals surface area contributed by atoms with Crippen molar-refractivity contribution < 1.29 is 24.4 Å². The van der Waals surface area contributed by atoms with Crippen LogP contribution in [-0.2, 0) is 9.36 Å². The SMILES string of the molecule is O=CN(O)/C=N/CP(=O)(O)O. The number of hydrogen-bond acceptors (Lipinski definition) is 4. The van der Waals surface area contributed by atoms with Crippen molar-refractivity contribution in [3.63, 3.8) is 0 Å². The molecule has 0 saturated heterocycles. The van der Waals surface area contributed by atoms with Gasteiger partial charge < -0.3 is 9.79 Å². The van der Waals surface area contributed by atoms with E-state index < -0.39 is 13.9 Å².